The number of nitrogens with zero attached hydrogens (tertiary/aromatic N) is 2. The average molecular weight is 781 g/mol. The third-order valence-corrected chi connectivity index (χ3v) is 12.0. The normalized spacial score (nSPS) is 11.6. The van der Waals surface area contributed by atoms with E-state index in [-0.39, 0.29) is 0 Å². The van der Waals surface area contributed by atoms with Crippen LogP contribution < -0.4 is 4.90 Å². The average Bonchev–Trinajstić information content (AvgIpc) is 3.79. The Morgan fingerprint density at radius 2 is 0.836 bits per heavy atom. The molecule has 0 saturated carbocycles. The van der Waals surface area contributed by atoms with Crippen molar-refractivity contribution >= 4 is 49.7 Å². The number of fused-ring (bicyclic) bond motifs is 5. The molecular formula is C58H40N2O. The summed E-state index contributed by atoms with van der Waals surface area (Å²) in [6.45, 7) is 0. The largest absolute Gasteiger partial charge is 0.435 e. The second kappa shape index (κ2) is 15.3. The van der Waals surface area contributed by atoms with Gasteiger partial charge in [-0.15, -0.1) is 0 Å². The zero-order valence-corrected chi connectivity index (χ0v) is 33.4. The first-order valence-electron chi connectivity index (χ1n) is 20.8. The third-order valence-electron chi connectivity index (χ3n) is 12.0. The van der Waals surface area contributed by atoms with Crippen LogP contribution in [-0.4, -0.2) is 4.98 Å². The first-order chi connectivity index (χ1) is 30.2. The zero-order valence-electron chi connectivity index (χ0n) is 33.4. The maximum Gasteiger partial charge on any atom is 0.227 e. The van der Waals surface area contributed by atoms with E-state index >= 15 is 0 Å². The van der Waals surface area contributed by atoms with Crippen LogP contribution in [0, 0.1) is 0 Å². The monoisotopic (exact) mass is 780 g/mol. The highest BCUT2D eigenvalue weighted by molar-refractivity contribution is 6.18. The first kappa shape index (κ1) is 36.1. The Morgan fingerprint density at radius 3 is 1.48 bits per heavy atom. The second-order valence-electron chi connectivity index (χ2n) is 15.5. The highest BCUT2D eigenvalue weighted by Crippen LogP contribution is 2.48. The molecular weight excluding hydrogens is 741 g/mol. The molecule has 0 aliphatic rings. The molecule has 1 heterocycles. The summed E-state index contributed by atoms with van der Waals surface area (Å²) in [5, 5.41) is 4.38. The van der Waals surface area contributed by atoms with E-state index in [1.807, 2.05) is 30.3 Å². The van der Waals surface area contributed by atoms with Gasteiger partial charge in [0.15, 0.2) is 5.58 Å². The Balaban J connectivity index is 1.17. The van der Waals surface area contributed by atoms with Crippen LogP contribution in [0.5, 0.6) is 0 Å². The van der Waals surface area contributed by atoms with Gasteiger partial charge in [0.1, 0.15) is 5.52 Å². The predicted molar refractivity (Wildman–Crippen MR) is 253 cm³/mol. The molecule has 0 saturated heterocycles. The van der Waals surface area contributed by atoms with Gasteiger partial charge in [-0.1, -0.05) is 188 Å². The van der Waals surface area contributed by atoms with Crippen LogP contribution in [0.2, 0.25) is 0 Å². The van der Waals surface area contributed by atoms with Crippen molar-refractivity contribution < 1.29 is 4.42 Å². The molecule has 288 valence electrons. The highest BCUT2D eigenvalue weighted by atomic mass is 16.3. The van der Waals surface area contributed by atoms with Crippen LogP contribution >= 0.6 is 0 Å². The van der Waals surface area contributed by atoms with Crippen LogP contribution in [0.4, 0.5) is 17.1 Å². The summed E-state index contributed by atoms with van der Waals surface area (Å²) in [6.07, 6.45) is 0. The molecule has 11 rings (SSSR count). The molecule has 0 bridgehead atoms. The van der Waals surface area contributed by atoms with E-state index in [4.69, 9.17) is 9.40 Å². The minimum atomic E-state index is -0.606. The summed E-state index contributed by atoms with van der Waals surface area (Å²) >= 11 is 0. The lowest BCUT2D eigenvalue weighted by atomic mass is 9.65. The lowest BCUT2D eigenvalue weighted by Crippen LogP contribution is -2.31. The fourth-order valence-corrected chi connectivity index (χ4v) is 9.20. The predicted octanol–water partition coefficient (Wildman–Crippen LogP) is 15.3. The Kier molecular flexibility index (Phi) is 9.05. The number of benzene rings is 10. The highest BCUT2D eigenvalue weighted by Gasteiger charge is 2.38. The molecule has 1 aromatic heterocycles. The van der Waals surface area contributed by atoms with Crippen molar-refractivity contribution in [2.45, 2.75) is 5.41 Å². The van der Waals surface area contributed by atoms with Gasteiger partial charge in [-0.25, -0.2) is 4.98 Å². The number of aromatic nitrogens is 1. The van der Waals surface area contributed by atoms with Crippen molar-refractivity contribution in [1.82, 2.24) is 4.98 Å². The Labute approximate surface area is 355 Å². The van der Waals surface area contributed by atoms with Gasteiger partial charge in [0.25, 0.3) is 0 Å². The summed E-state index contributed by atoms with van der Waals surface area (Å²) in [5.41, 5.74) is 12.2. The fourth-order valence-electron chi connectivity index (χ4n) is 9.20. The molecule has 0 spiro atoms. The van der Waals surface area contributed by atoms with E-state index in [0.717, 1.165) is 60.8 Å². The molecule has 0 atom stereocenters. The van der Waals surface area contributed by atoms with Gasteiger partial charge >= 0.3 is 0 Å². The zero-order chi connectivity index (χ0) is 40.6. The van der Waals surface area contributed by atoms with E-state index in [2.05, 4.69) is 217 Å². The molecule has 0 amide bonds. The number of hydrogen-bond acceptors (Lipinski definition) is 3. The lowest BCUT2D eigenvalue weighted by Gasteiger charge is -2.37. The molecule has 11 aromatic rings. The summed E-state index contributed by atoms with van der Waals surface area (Å²) < 4.78 is 6.66. The van der Waals surface area contributed by atoms with Crippen LogP contribution in [0.15, 0.2) is 247 Å². The molecule has 0 N–H and O–H groups in total. The summed E-state index contributed by atoms with van der Waals surface area (Å²) in [7, 11) is 0. The minimum Gasteiger partial charge on any atom is -0.435 e. The summed E-state index contributed by atoms with van der Waals surface area (Å²) in [5.74, 6) is 0.617. The van der Waals surface area contributed by atoms with Gasteiger partial charge < -0.3 is 9.32 Å². The topological polar surface area (TPSA) is 29.3 Å². The summed E-state index contributed by atoms with van der Waals surface area (Å²) in [4.78, 5) is 7.36. The van der Waals surface area contributed by atoms with Crippen LogP contribution in [0.1, 0.15) is 22.3 Å². The van der Waals surface area contributed by atoms with Gasteiger partial charge in [0, 0.05) is 28.0 Å². The second-order valence-corrected chi connectivity index (χ2v) is 15.5. The van der Waals surface area contributed by atoms with Gasteiger partial charge in [0.2, 0.25) is 5.89 Å². The maximum atomic E-state index is 6.66. The smallest absolute Gasteiger partial charge is 0.227 e. The Bertz CT molecular complexity index is 3190. The van der Waals surface area contributed by atoms with Crippen molar-refractivity contribution in [3.05, 3.63) is 265 Å². The standard InChI is InChI=1S/C58H40N2O/c1-6-18-41(19-7-1)45-22-16-30-50(38-45)60(52-36-34-42-32-33-43-35-37-54-56(55(43)53(42)40-52)61-57(59-54)44-20-8-2-9-21-44)51-31-17-29-49(39-51)58(46-23-10-3-11-24-46,47-25-12-4-13-26-47)48-27-14-5-15-28-48/h1-40H. The molecule has 3 heteroatoms. The number of anilines is 3. The molecule has 0 aliphatic heterocycles. The van der Waals surface area contributed by atoms with Gasteiger partial charge in [-0.2, -0.15) is 0 Å². The van der Waals surface area contributed by atoms with E-state index < -0.39 is 5.41 Å². The molecule has 0 unspecified atom stereocenters. The van der Waals surface area contributed by atoms with Crippen molar-refractivity contribution in [3.63, 3.8) is 0 Å². The van der Waals surface area contributed by atoms with Gasteiger partial charge in [-0.05, 0) is 104 Å². The number of rotatable bonds is 9. The van der Waals surface area contributed by atoms with Crippen LogP contribution in [0.3, 0.4) is 0 Å². The van der Waals surface area contributed by atoms with Crippen molar-refractivity contribution in [1.29, 1.82) is 0 Å². The SMILES string of the molecule is c1ccc(-c2cccc(N(c3cccc(C(c4ccccc4)(c4ccccc4)c4ccccc4)c3)c3ccc4ccc5ccc6nc(-c7ccccc7)oc6c5c4c3)c2)cc1. The lowest BCUT2D eigenvalue weighted by molar-refractivity contribution is 0.623. The molecule has 61 heavy (non-hydrogen) atoms. The van der Waals surface area contributed by atoms with Crippen molar-refractivity contribution in [2.75, 3.05) is 4.90 Å². The van der Waals surface area contributed by atoms with E-state index in [9.17, 15) is 0 Å². The third kappa shape index (κ3) is 6.35. The van der Waals surface area contributed by atoms with Crippen molar-refractivity contribution in [2.24, 2.45) is 0 Å². The van der Waals surface area contributed by atoms with E-state index in [1.165, 1.54) is 27.8 Å². The van der Waals surface area contributed by atoms with Crippen molar-refractivity contribution in [3.8, 4) is 22.6 Å². The molecule has 0 fully saturated rings. The quantitative estimate of drug-likeness (QED) is 0.108. The van der Waals surface area contributed by atoms with E-state index in [1.54, 1.807) is 0 Å². The molecule has 3 nitrogen and oxygen atoms in total. The minimum absolute atomic E-state index is 0.606. The molecule has 0 aliphatic carbocycles. The fraction of sp³-hybridized carbons (Fsp3) is 0.0172. The maximum absolute atomic E-state index is 6.66. The van der Waals surface area contributed by atoms with E-state index in [0.29, 0.717) is 5.89 Å². The van der Waals surface area contributed by atoms with Gasteiger partial charge in [0.05, 0.1) is 5.41 Å². The van der Waals surface area contributed by atoms with Crippen LogP contribution in [-0.2, 0) is 5.41 Å². The molecule has 10 aromatic carbocycles. The molecule has 0 radical (unpaired) electrons. The summed E-state index contributed by atoms with van der Waals surface area (Å²) in [6, 6.07) is 86.9. The van der Waals surface area contributed by atoms with Crippen LogP contribution in [0.25, 0.3) is 55.2 Å². The Hall–Kier alpha value is -8.01. The number of hydrogen-bond donors (Lipinski definition) is 0. The first-order valence-corrected chi connectivity index (χ1v) is 20.8. The van der Waals surface area contributed by atoms with Gasteiger partial charge in [-0.3, -0.25) is 0 Å². The number of oxazole rings is 1. The Morgan fingerprint density at radius 1 is 0.361 bits per heavy atom.